The summed E-state index contributed by atoms with van der Waals surface area (Å²) in [5.74, 6) is 1.44. The number of ether oxygens (including phenoxy) is 1. The highest BCUT2D eigenvalue weighted by atomic mass is 32.2. The zero-order valence-electron chi connectivity index (χ0n) is 16.5. The molecule has 2 aromatic rings. The van der Waals surface area contributed by atoms with Crippen LogP contribution in [0.2, 0.25) is 0 Å². The summed E-state index contributed by atoms with van der Waals surface area (Å²) < 4.78 is 32.5. The molecule has 3 rings (SSSR count). The maximum absolute atomic E-state index is 12.8. The van der Waals surface area contributed by atoms with Crippen LogP contribution in [0.1, 0.15) is 13.3 Å². The number of piperazine rings is 1. The molecule has 6 nitrogen and oxygen atoms in total. The summed E-state index contributed by atoms with van der Waals surface area (Å²) in [7, 11) is -3.56. The average Bonchev–Trinajstić information content (AvgIpc) is 2.75. The molecule has 0 radical (unpaired) electrons. The molecule has 0 N–H and O–H groups in total. The highest BCUT2D eigenvalue weighted by Gasteiger charge is 2.29. The molecular weight excluding hydrogens is 408 g/mol. The Kier molecular flexibility index (Phi) is 7.57. The molecule has 1 aliphatic heterocycles. The number of nitrogens with zero attached hydrogens (tertiary/aromatic N) is 2. The number of sulfonamides is 1. The van der Waals surface area contributed by atoms with E-state index in [2.05, 4.69) is 0 Å². The molecule has 0 saturated carbocycles. The van der Waals surface area contributed by atoms with E-state index in [1.807, 2.05) is 37.3 Å². The Hall–Kier alpha value is -2.03. The van der Waals surface area contributed by atoms with Crippen LogP contribution in [0.4, 0.5) is 0 Å². The van der Waals surface area contributed by atoms with Gasteiger partial charge in [0.15, 0.2) is 0 Å². The van der Waals surface area contributed by atoms with Crippen molar-refractivity contribution < 1.29 is 17.9 Å². The standard InChI is InChI=1S/C21H26N2O4S2/c1-2-27-18-8-10-20(11-9-18)29(25,26)23-15-13-22(14-16-23)21(24)12-17-28-19-6-4-3-5-7-19/h3-11H,2,12-17H2,1H3. The van der Waals surface area contributed by atoms with Crippen LogP contribution in [-0.2, 0) is 14.8 Å². The smallest absolute Gasteiger partial charge is 0.243 e. The summed E-state index contributed by atoms with van der Waals surface area (Å²) in [6, 6.07) is 16.5. The van der Waals surface area contributed by atoms with Crippen molar-refractivity contribution >= 4 is 27.7 Å². The quantitative estimate of drug-likeness (QED) is 0.598. The summed E-state index contributed by atoms with van der Waals surface area (Å²) in [6.07, 6.45) is 0.450. The van der Waals surface area contributed by atoms with Crippen molar-refractivity contribution in [3.63, 3.8) is 0 Å². The van der Waals surface area contributed by atoms with Crippen LogP contribution >= 0.6 is 11.8 Å². The van der Waals surface area contributed by atoms with Gasteiger partial charge >= 0.3 is 0 Å². The van der Waals surface area contributed by atoms with Crippen molar-refractivity contribution in [2.24, 2.45) is 0 Å². The van der Waals surface area contributed by atoms with Gasteiger partial charge in [-0.2, -0.15) is 4.31 Å². The topological polar surface area (TPSA) is 66.9 Å². The maximum Gasteiger partial charge on any atom is 0.243 e. The Bertz CT molecular complexity index is 894. The van der Waals surface area contributed by atoms with Gasteiger partial charge in [0.05, 0.1) is 11.5 Å². The zero-order chi connectivity index (χ0) is 20.7. The van der Waals surface area contributed by atoms with Gasteiger partial charge < -0.3 is 9.64 Å². The van der Waals surface area contributed by atoms with Crippen LogP contribution in [-0.4, -0.2) is 62.1 Å². The molecule has 0 bridgehead atoms. The van der Waals surface area contributed by atoms with E-state index in [-0.39, 0.29) is 10.8 Å². The van der Waals surface area contributed by atoms with Crippen molar-refractivity contribution in [1.82, 2.24) is 9.21 Å². The summed E-state index contributed by atoms with van der Waals surface area (Å²) in [5, 5.41) is 0. The van der Waals surface area contributed by atoms with Crippen molar-refractivity contribution in [3.05, 3.63) is 54.6 Å². The highest BCUT2D eigenvalue weighted by molar-refractivity contribution is 7.99. The molecule has 8 heteroatoms. The van der Waals surface area contributed by atoms with E-state index in [0.717, 1.165) is 4.90 Å². The average molecular weight is 435 g/mol. The lowest BCUT2D eigenvalue weighted by molar-refractivity contribution is -0.131. The Morgan fingerprint density at radius 2 is 1.66 bits per heavy atom. The number of rotatable bonds is 8. The van der Waals surface area contributed by atoms with E-state index in [1.54, 1.807) is 40.9 Å². The molecule has 1 fully saturated rings. The summed E-state index contributed by atoms with van der Waals surface area (Å²) >= 11 is 1.66. The minimum atomic E-state index is -3.56. The zero-order valence-corrected chi connectivity index (χ0v) is 18.1. The molecule has 0 aromatic heterocycles. The first-order valence-corrected chi connectivity index (χ1v) is 12.1. The second-order valence-corrected chi connectivity index (χ2v) is 9.71. The van der Waals surface area contributed by atoms with Crippen LogP contribution in [0.3, 0.4) is 0 Å². The maximum atomic E-state index is 12.8. The van der Waals surface area contributed by atoms with Gasteiger partial charge in [0.2, 0.25) is 15.9 Å². The fourth-order valence-corrected chi connectivity index (χ4v) is 5.42. The van der Waals surface area contributed by atoms with Crippen LogP contribution in [0, 0.1) is 0 Å². The Labute approximate surface area is 176 Å². The van der Waals surface area contributed by atoms with Gasteiger partial charge in [0.25, 0.3) is 0 Å². The lowest BCUT2D eigenvalue weighted by atomic mass is 10.3. The molecule has 0 spiro atoms. The first-order chi connectivity index (χ1) is 14.0. The first-order valence-electron chi connectivity index (χ1n) is 9.69. The van der Waals surface area contributed by atoms with Gasteiger partial charge in [-0.1, -0.05) is 18.2 Å². The van der Waals surface area contributed by atoms with E-state index in [1.165, 1.54) is 4.31 Å². The van der Waals surface area contributed by atoms with E-state index in [4.69, 9.17) is 4.74 Å². The second-order valence-electron chi connectivity index (χ2n) is 6.60. The third-order valence-electron chi connectivity index (χ3n) is 4.69. The molecule has 0 unspecified atom stereocenters. The Morgan fingerprint density at radius 1 is 1.00 bits per heavy atom. The molecule has 1 aliphatic rings. The lowest BCUT2D eigenvalue weighted by Crippen LogP contribution is -2.50. The summed E-state index contributed by atoms with van der Waals surface area (Å²) in [5.41, 5.74) is 0. The van der Waals surface area contributed by atoms with Gasteiger partial charge in [-0.3, -0.25) is 4.79 Å². The summed E-state index contributed by atoms with van der Waals surface area (Å²) in [4.78, 5) is 15.6. The van der Waals surface area contributed by atoms with Crippen molar-refractivity contribution in [1.29, 1.82) is 0 Å². The van der Waals surface area contributed by atoms with Crippen LogP contribution in [0.25, 0.3) is 0 Å². The molecule has 1 heterocycles. The van der Waals surface area contributed by atoms with Gasteiger partial charge in [-0.25, -0.2) is 8.42 Å². The number of carbonyl (C=O) groups is 1. The molecule has 1 amide bonds. The monoisotopic (exact) mass is 434 g/mol. The molecule has 2 aromatic carbocycles. The van der Waals surface area contributed by atoms with E-state index in [9.17, 15) is 13.2 Å². The van der Waals surface area contributed by atoms with E-state index < -0.39 is 10.0 Å². The first kappa shape index (κ1) is 21.7. The lowest BCUT2D eigenvalue weighted by Gasteiger charge is -2.34. The van der Waals surface area contributed by atoms with Crippen LogP contribution in [0.5, 0.6) is 5.75 Å². The van der Waals surface area contributed by atoms with Crippen molar-refractivity contribution in [3.8, 4) is 5.75 Å². The van der Waals surface area contributed by atoms with Gasteiger partial charge in [0, 0.05) is 43.2 Å². The van der Waals surface area contributed by atoms with Gasteiger partial charge in [0.1, 0.15) is 5.75 Å². The largest absolute Gasteiger partial charge is 0.494 e. The molecule has 1 saturated heterocycles. The number of hydrogen-bond acceptors (Lipinski definition) is 5. The molecular formula is C21H26N2O4S2. The van der Waals surface area contributed by atoms with E-state index >= 15 is 0 Å². The number of thioether (sulfide) groups is 1. The van der Waals surface area contributed by atoms with Crippen molar-refractivity contribution in [2.45, 2.75) is 23.1 Å². The van der Waals surface area contributed by atoms with E-state index in [0.29, 0.717) is 50.7 Å². The SMILES string of the molecule is CCOc1ccc(S(=O)(=O)N2CCN(C(=O)CCSc3ccccc3)CC2)cc1. The third kappa shape index (κ3) is 5.74. The number of benzene rings is 2. The fourth-order valence-electron chi connectivity index (χ4n) is 3.13. The van der Waals surface area contributed by atoms with Crippen molar-refractivity contribution in [2.75, 3.05) is 38.5 Å². The minimum Gasteiger partial charge on any atom is -0.494 e. The number of hydrogen-bond donors (Lipinski definition) is 0. The number of carbonyl (C=O) groups excluding carboxylic acids is 1. The second kappa shape index (κ2) is 10.1. The molecule has 156 valence electrons. The third-order valence-corrected chi connectivity index (χ3v) is 7.62. The normalized spacial score (nSPS) is 15.3. The predicted molar refractivity (Wildman–Crippen MR) is 115 cm³/mol. The summed E-state index contributed by atoms with van der Waals surface area (Å²) in [6.45, 7) is 3.88. The Balaban J connectivity index is 1.49. The van der Waals surface area contributed by atoms with Crippen LogP contribution in [0.15, 0.2) is 64.4 Å². The predicted octanol–water partition coefficient (Wildman–Crippen LogP) is 3.10. The molecule has 29 heavy (non-hydrogen) atoms. The number of amides is 1. The van der Waals surface area contributed by atoms with Gasteiger partial charge in [-0.15, -0.1) is 11.8 Å². The minimum absolute atomic E-state index is 0.0755. The van der Waals surface area contributed by atoms with Crippen LogP contribution < -0.4 is 4.74 Å². The fraction of sp³-hybridized carbons (Fsp3) is 0.381. The van der Waals surface area contributed by atoms with Gasteiger partial charge in [-0.05, 0) is 43.3 Å². The molecule has 0 aliphatic carbocycles. The highest BCUT2D eigenvalue weighted by Crippen LogP contribution is 2.22. The Morgan fingerprint density at radius 3 is 2.28 bits per heavy atom. The molecule has 0 atom stereocenters.